The summed E-state index contributed by atoms with van der Waals surface area (Å²) in [5.74, 6) is 0.462. The van der Waals surface area contributed by atoms with E-state index >= 15 is 0 Å². The summed E-state index contributed by atoms with van der Waals surface area (Å²) in [5.41, 5.74) is 7.51. The second-order valence-corrected chi connectivity index (χ2v) is 5.25. The molecule has 0 amide bonds. The van der Waals surface area contributed by atoms with Crippen LogP contribution < -0.4 is 5.73 Å². The van der Waals surface area contributed by atoms with Crippen molar-refractivity contribution in [3.63, 3.8) is 0 Å². The highest BCUT2D eigenvalue weighted by atomic mass is 19.1. The Kier molecular flexibility index (Phi) is 4.98. The first-order valence-corrected chi connectivity index (χ1v) is 7.58. The number of rotatable bonds is 6. The zero-order valence-electron chi connectivity index (χ0n) is 13.6. The molecular weight excluding hydrogens is 323 g/mol. The van der Waals surface area contributed by atoms with Crippen molar-refractivity contribution in [1.29, 1.82) is 0 Å². The maximum absolute atomic E-state index is 14.0. The van der Waals surface area contributed by atoms with Gasteiger partial charge in [-0.15, -0.1) is 0 Å². The lowest BCUT2D eigenvalue weighted by Crippen LogP contribution is -2.09. The van der Waals surface area contributed by atoms with Crippen molar-refractivity contribution in [3.05, 3.63) is 59.7 Å². The third-order valence-electron chi connectivity index (χ3n) is 3.46. The second kappa shape index (κ2) is 7.52. The molecule has 0 atom stereocenters. The first-order valence-electron chi connectivity index (χ1n) is 7.58. The number of anilines is 1. The monoisotopic (exact) mass is 340 g/mol. The number of benzene rings is 1. The molecule has 8 heteroatoms. The molecule has 2 N–H and O–H groups in total. The summed E-state index contributed by atoms with van der Waals surface area (Å²) in [4.78, 5) is 12.1. The minimum atomic E-state index is -0.290. The molecule has 0 saturated heterocycles. The topological polar surface area (TPSA) is 91.2 Å². The first kappa shape index (κ1) is 16.6. The molecule has 0 unspecified atom stereocenters. The molecule has 25 heavy (non-hydrogen) atoms. The van der Waals surface area contributed by atoms with Crippen molar-refractivity contribution in [2.45, 2.75) is 13.2 Å². The van der Waals surface area contributed by atoms with Crippen LogP contribution in [0.15, 0.2) is 47.6 Å². The molecule has 1 aromatic carbocycles. The number of halogens is 1. The Hall–Kier alpha value is -3.29. The molecule has 0 aliphatic rings. The van der Waals surface area contributed by atoms with Gasteiger partial charge in [0.05, 0.1) is 12.2 Å². The van der Waals surface area contributed by atoms with Gasteiger partial charge in [0.15, 0.2) is 12.2 Å². The standard InChI is InChI=1S/C17H17FN6O/c1-20-11-25-10-13-8-15(17-21-7-6-16(19)22-17)23-24(13)9-12-4-2-3-5-14(12)18/h2-8,11H,9-10H2,1H3,(H2,19,21,22). The number of aliphatic imine (C=N–C) groups is 1. The Labute approximate surface area is 144 Å². The van der Waals surface area contributed by atoms with Gasteiger partial charge in [-0.2, -0.15) is 5.10 Å². The summed E-state index contributed by atoms with van der Waals surface area (Å²) in [6.45, 7) is 0.498. The van der Waals surface area contributed by atoms with Gasteiger partial charge < -0.3 is 10.5 Å². The molecule has 0 radical (unpaired) electrons. The van der Waals surface area contributed by atoms with Crippen molar-refractivity contribution < 1.29 is 9.13 Å². The van der Waals surface area contributed by atoms with Gasteiger partial charge in [0.25, 0.3) is 0 Å². The quantitative estimate of drug-likeness (QED) is 0.549. The lowest BCUT2D eigenvalue weighted by Gasteiger charge is -2.08. The van der Waals surface area contributed by atoms with Gasteiger partial charge in [-0.25, -0.2) is 14.4 Å². The third kappa shape index (κ3) is 3.97. The van der Waals surface area contributed by atoms with Crippen molar-refractivity contribution in [3.8, 4) is 11.5 Å². The number of nitrogen functional groups attached to an aromatic ring is 1. The van der Waals surface area contributed by atoms with E-state index in [1.165, 1.54) is 12.5 Å². The normalized spacial score (nSPS) is 11.1. The van der Waals surface area contributed by atoms with Crippen LogP contribution in [0.3, 0.4) is 0 Å². The van der Waals surface area contributed by atoms with E-state index in [-0.39, 0.29) is 19.0 Å². The molecule has 0 bridgehead atoms. The molecule has 2 aromatic heterocycles. The summed E-state index contributed by atoms with van der Waals surface area (Å²) in [7, 11) is 1.61. The summed E-state index contributed by atoms with van der Waals surface area (Å²) >= 11 is 0. The summed E-state index contributed by atoms with van der Waals surface area (Å²) in [6.07, 6.45) is 2.91. The fourth-order valence-corrected chi connectivity index (χ4v) is 2.30. The predicted molar refractivity (Wildman–Crippen MR) is 92.4 cm³/mol. The highest BCUT2D eigenvalue weighted by Crippen LogP contribution is 2.18. The van der Waals surface area contributed by atoms with Crippen LogP contribution in [0.1, 0.15) is 11.3 Å². The molecule has 0 aliphatic carbocycles. The second-order valence-electron chi connectivity index (χ2n) is 5.25. The van der Waals surface area contributed by atoms with Crippen LogP contribution in [0, 0.1) is 5.82 Å². The molecule has 2 heterocycles. The number of hydrogen-bond donors (Lipinski definition) is 1. The van der Waals surface area contributed by atoms with Crippen LogP contribution >= 0.6 is 0 Å². The Balaban J connectivity index is 1.95. The van der Waals surface area contributed by atoms with Gasteiger partial charge in [-0.05, 0) is 18.2 Å². The summed E-state index contributed by atoms with van der Waals surface area (Å²) in [5, 5.41) is 4.48. The number of hydrogen-bond acceptors (Lipinski definition) is 6. The summed E-state index contributed by atoms with van der Waals surface area (Å²) in [6, 6.07) is 9.95. The Morgan fingerprint density at radius 3 is 2.92 bits per heavy atom. The molecule has 0 saturated carbocycles. The van der Waals surface area contributed by atoms with E-state index in [2.05, 4.69) is 20.1 Å². The van der Waals surface area contributed by atoms with Crippen molar-refractivity contribution >= 4 is 12.2 Å². The van der Waals surface area contributed by atoms with E-state index in [9.17, 15) is 4.39 Å². The fourth-order valence-electron chi connectivity index (χ4n) is 2.30. The molecule has 3 rings (SSSR count). The van der Waals surface area contributed by atoms with Crippen LogP contribution in [0.25, 0.3) is 11.5 Å². The number of nitrogens with two attached hydrogens (primary N) is 1. The number of ether oxygens (including phenoxy) is 1. The zero-order chi connectivity index (χ0) is 17.6. The van der Waals surface area contributed by atoms with E-state index in [4.69, 9.17) is 10.5 Å². The van der Waals surface area contributed by atoms with Crippen LogP contribution in [-0.4, -0.2) is 33.2 Å². The first-order chi connectivity index (χ1) is 12.2. The highest BCUT2D eigenvalue weighted by molar-refractivity contribution is 5.52. The van der Waals surface area contributed by atoms with Gasteiger partial charge in [0.1, 0.15) is 23.9 Å². The summed E-state index contributed by atoms with van der Waals surface area (Å²) < 4.78 is 21.0. The van der Waals surface area contributed by atoms with Crippen molar-refractivity contribution in [2.75, 3.05) is 12.8 Å². The van der Waals surface area contributed by atoms with E-state index in [1.54, 1.807) is 48.3 Å². The maximum Gasteiger partial charge on any atom is 0.182 e. The average Bonchev–Trinajstić information content (AvgIpc) is 3.00. The van der Waals surface area contributed by atoms with Crippen LogP contribution in [-0.2, 0) is 17.9 Å². The highest BCUT2D eigenvalue weighted by Gasteiger charge is 2.14. The number of nitrogens with zero attached hydrogens (tertiary/aromatic N) is 5. The fraction of sp³-hybridized carbons (Fsp3) is 0.176. The van der Waals surface area contributed by atoms with Gasteiger partial charge in [-0.1, -0.05) is 18.2 Å². The molecule has 3 aromatic rings. The average molecular weight is 340 g/mol. The zero-order valence-corrected chi connectivity index (χ0v) is 13.6. The lowest BCUT2D eigenvalue weighted by molar-refractivity contribution is 0.293. The van der Waals surface area contributed by atoms with Crippen LogP contribution in [0.5, 0.6) is 0 Å². The van der Waals surface area contributed by atoms with E-state index in [0.717, 1.165) is 5.69 Å². The third-order valence-corrected chi connectivity index (χ3v) is 3.46. The smallest absolute Gasteiger partial charge is 0.182 e. The van der Waals surface area contributed by atoms with E-state index in [1.807, 2.05) is 0 Å². The molecule has 0 fully saturated rings. The van der Waals surface area contributed by atoms with Gasteiger partial charge >= 0.3 is 0 Å². The minimum absolute atomic E-state index is 0.237. The van der Waals surface area contributed by atoms with Gasteiger partial charge in [0, 0.05) is 18.8 Å². The molecule has 128 valence electrons. The molecule has 7 nitrogen and oxygen atoms in total. The largest absolute Gasteiger partial charge is 0.477 e. The number of aromatic nitrogens is 4. The predicted octanol–water partition coefficient (Wildman–Crippen LogP) is 2.28. The van der Waals surface area contributed by atoms with Crippen LogP contribution in [0.4, 0.5) is 10.2 Å². The van der Waals surface area contributed by atoms with E-state index < -0.39 is 0 Å². The lowest BCUT2D eigenvalue weighted by atomic mass is 10.2. The van der Waals surface area contributed by atoms with Crippen LogP contribution in [0.2, 0.25) is 0 Å². The molecule has 0 spiro atoms. The van der Waals surface area contributed by atoms with E-state index in [0.29, 0.717) is 22.9 Å². The molecule has 0 aliphatic heterocycles. The maximum atomic E-state index is 14.0. The van der Waals surface area contributed by atoms with Crippen molar-refractivity contribution in [1.82, 2.24) is 19.7 Å². The van der Waals surface area contributed by atoms with Gasteiger partial charge in [0.2, 0.25) is 0 Å². The Morgan fingerprint density at radius 2 is 2.16 bits per heavy atom. The van der Waals surface area contributed by atoms with Gasteiger partial charge in [-0.3, -0.25) is 9.67 Å². The Morgan fingerprint density at radius 1 is 1.32 bits per heavy atom. The SMILES string of the molecule is CN=COCc1cc(-c2nccc(N)n2)nn1Cc1ccccc1F. The Bertz CT molecular complexity index is 892. The van der Waals surface area contributed by atoms with Crippen molar-refractivity contribution in [2.24, 2.45) is 4.99 Å². The minimum Gasteiger partial charge on any atom is -0.477 e. The molecular formula is C17H17FN6O.